The number of hydrogen-bond donors (Lipinski definition) is 1. The van der Waals surface area contributed by atoms with E-state index in [2.05, 4.69) is 17.0 Å². The van der Waals surface area contributed by atoms with Crippen molar-refractivity contribution in [1.29, 1.82) is 0 Å². The highest BCUT2D eigenvalue weighted by Crippen LogP contribution is 2.29. The third kappa shape index (κ3) is 5.42. The summed E-state index contributed by atoms with van der Waals surface area (Å²) in [5, 5.41) is 14.1. The summed E-state index contributed by atoms with van der Waals surface area (Å²) in [5.74, 6) is -0.643. The minimum Gasteiger partial charge on any atom is -0.465 e. The van der Waals surface area contributed by atoms with Gasteiger partial charge in [0.1, 0.15) is 5.56 Å². The number of anilines is 1. The van der Waals surface area contributed by atoms with Crippen molar-refractivity contribution in [2.45, 2.75) is 39.0 Å². The Labute approximate surface area is 159 Å². The minimum absolute atomic E-state index is 0.0130. The predicted molar refractivity (Wildman–Crippen MR) is 102 cm³/mol. The van der Waals surface area contributed by atoms with E-state index in [0.717, 1.165) is 31.5 Å². The molecule has 148 valence electrons. The van der Waals surface area contributed by atoms with E-state index in [1.54, 1.807) is 6.07 Å². The lowest BCUT2D eigenvalue weighted by atomic mass is 9.95. The van der Waals surface area contributed by atoms with Crippen LogP contribution in [0.25, 0.3) is 0 Å². The van der Waals surface area contributed by atoms with E-state index >= 15 is 0 Å². The van der Waals surface area contributed by atoms with Crippen LogP contribution in [0.3, 0.4) is 0 Å². The van der Waals surface area contributed by atoms with Crippen molar-refractivity contribution in [3.05, 3.63) is 33.9 Å². The Hall–Kier alpha value is -2.64. The highest BCUT2D eigenvalue weighted by Gasteiger charge is 2.27. The van der Waals surface area contributed by atoms with Crippen LogP contribution in [0.4, 0.5) is 11.4 Å². The quantitative estimate of drug-likeness (QED) is 0.323. The number of esters is 1. The van der Waals surface area contributed by atoms with E-state index in [0.29, 0.717) is 25.9 Å². The molecule has 1 aromatic carbocycles. The van der Waals surface area contributed by atoms with Gasteiger partial charge in [0, 0.05) is 37.3 Å². The molecular weight excluding hydrogens is 350 g/mol. The molecule has 0 aromatic heterocycles. The third-order valence-corrected chi connectivity index (χ3v) is 4.89. The molecule has 27 heavy (non-hydrogen) atoms. The molecule has 0 spiro atoms. The van der Waals surface area contributed by atoms with Gasteiger partial charge in [-0.15, -0.1) is 0 Å². The van der Waals surface area contributed by atoms with Gasteiger partial charge in [-0.05, 0) is 31.4 Å². The second kappa shape index (κ2) is 9.89. The molecule has 0 radical (unpaired) electrons. The molecular formula is C19H27N3O5. The zero-order valence-corrected chi connectivity index (χ0v) is 15.9. The first kappa shape index (κ1) is 20.7. The molecule has 1 N–H and O–H groups in total. The molecule has 1 fully saturated rings. The summed E-state index contributed by atoms with van der Waals surface area (Å²) < 4.78 is 4.66. The van der Waals surface area contributed by atoms with Crippen molar-refractivity contribution in [1.82, 2.24) is 5.32 Å². The summed E-state index contributed by atoms with van der Waals surface area (Å²) in [6, 6.07) is 4.46. The summed E-state index contributed by atoms with van der Waals surface area (Å²) in [4.78, 5) is 36.7. The Bertz CT molecular complexity index is 684. The van der Waals surface area contributed by atoms with Crippen molar-refractivity contribution in [3.8, 4) is 0 Å². The van der Waals surface area contributed by atoms with E-state index in [1.165, 1.54) is 19.2 Å². The van der Waals surface area contributed by atoms with Gasteiger partial charge in [-0.3, -0.25) is 14.9 Å². The molecule has 0 bridgehead atoms. The van der Waals surface area contributed by atoms with Gasteiger partial charge in [0.05, 0.1) is 12.0 Å². The van der Waals surface area contributed by atoms with Gasteiger partial charge in [0.2, 0.25) is 5.91 Å². The van der Waals surface area contributed by atoms with Crippen LogP contribution >= 0.6 is 0 Å². The topological polar surface area (TPSA) is 102 Å². The predicted octanol–water partition coefficient (Wildman–Crippen LogP) is 2.90. The zero-order valence-electron chi connectivity index (χ0n) is 15.9. The Morgan fingerprint density at radius 1 is 1.30 bits per heavy atom. The molecule has 1 aliphatic rings. The fraction of sp³-hybridized carbons (Fsp3) is 0.579. The molecule has 1 amide bonds. The smallest absolute Gasteiger partial charge is 0.344 e. The maximum atomic E-state index is 12.2. The van der Waals surface area contributed by atoms with Gasteiger partial charge in [-0.25, -0.2) is 4.79 Å². The number of nitrogens with one attached hydrogen (secondary N) is 1. The largest absolute Gasteiger partial charge is 0.465 e. The molecule has 0 unspecified atom stereocenters. The van der Waals surface area contributed by atoms with Crippen LogP contribution in [0.15, 0.2) is 18.2 Å². The van der Waals surface area contributed by atoms with E-state index in [1.807, 2.05) is 4.90 Å². The van der Waals surface area contributed by atoms with Gasteiger partial charge in [0.15, 0.2) is 0 Å². The highest BCUT2D eigenvalue weighted by molar-refractivity contribution is 5.95. The molecule has 0 aliphatic carbocycles. The lowest BCUT2D eigenvalue weighted by molar-refractivity contribution is -0.385. The summed E-state index contributed by atoms with van der Waals surface area (Å²) in [6.45, 7) is 4.16. The van der Waals surface area contributed by atoms with Crippen molar-refractivity contribution >= 4 is 23.3 Å². The van der Waals surface area contributed by atoms with E-state index < -0.39 is 10.9 Å². The standard InChI is InChI=1S/C19H27N3O5/c1-3-4-5-10-20-18(23)14-8-11-21(12-9-14)15-6-7-17(22(25)26)16(13-15)19(24)27-2/h6-7,13-14H,3-5,8-12H2,1-2H3,(H,20,23). The number of benzene rings is 1. The number of rotatable bonds is 8. The van der Waals surface area contributed by atoms with Crippen molar-refractivity contribution < 1.29 is 19.2 Å². The first-order valence-electron chi connectivity index (χ1n) is 9.37. The van der Waals surface area contributed by atoms with Gasteiger partial charge in [-0.1, -0.05) is 19.8 Å². The maximum absolute atomic E-state index is 12.2. The molecule has 2 rings (SSSR count). The molecule has 1 aliphatic heterocycles. The number of nitro groups is 1. The maximum Gasteiger partial charge on any atom is 0.344 e. The van der Waals surface area contributed by atoms with Gasteiger partial charge >= 0.3 is 5.97 Å². The second-order valence-electron chi connectivity index (χ2n) is 6.71. The van der Waals surface area contributed by atoms with Gasteiger partial charge < -0.3 is 15.0 Å². The molecule has 8 nitrogen and oxygen atoms in total. The van der Waals surface area contributed by atoms with Crippen molar-refractivity contribution in [3.63, 3.8) is 0 Å². The lowest BCUT2D eigenvalue weighted by Gasteiger charge is -2.33. The fourth-order valence-electron chi connectivity index (χ4n) is 3.28. The molecule has 1 heterocycles. The SMILES string of the molecule is CCCCCNC(=O)C1CCN(c2ccc([N+](=O)[O-])c(C(=O)OC)c2)CC1. The number of nitro benzene ring substituents is 1. The summed E-state index contributed by atoms with van der Waals surface area (Å²) in [5.41, 5.74) is 0.394. The Morgan fingerprint density at radius 2 is 2.00 bits per heavy atom. The summed E-state index contributed by atoms with van der Waals surface area (Å²) >= 11 is 0. The number of piperidine rings is 1. The summed E-state index contributed by atoms with van der Waals surface area (Å²) in [6.07, 6.45) is 4.66. The van der Waals surface area contributed by atoms with E-state index in [4.69, 9.17) is 0 Å². The Kier molecular flexibility index (Phi) is 7.57. The van der Waals surface area contributed by atoms with Gasteiger partial charge in [-0.2, -0.15) is 0 Å². The number of nitrogens with zero attached hydrogens (tertiary/aromatic N) is 2. The Balaban J connectivity index is 1.98. The molecule has 0 saturated carbocycles. The number of carbonyl (C=O) groups excluding carboxylic acids is 2. The highest BCUT2D eigenvalue weighted by atomic mass is 16.6. The number of ether oxygens (including phenoxy) is 1. The first-order chi connectivity index (χ1) is 13.0. The van der Waals surface area contributed by atoms with Crippen LogP contribution in [0.2, 0.25) is 0 Å². The molecule has 0 atom stereocenters. The molecule has 1 saturated heterocycles. The number of unbranched alkanes of at least 4 members (excludes halogenated alkanes) is 2. The summed E-state index contributed by atoms with van der Waals surface area (Å²) in [7, 11) is 1.20. The van der Waals surface area contributed by atoms with Crippen LogP contribution in [-0.4, -0.2) is 43.5 Å². The molecule has 1 aromatic rings. The van der Waals surface area contributed by atoms with Crippen molar-refractivity contribution in [2.24, 2.45) is 5.92 Å². The number of hydrogen-bond acceptors (Lipinski definition) is 6. The lowest BCUT2D eigenvalue weighted by Crippen LogP contribution is -2.40. The third-order valence-electron chi connectivity index (χ3n) is 4.89. The number of methoxy groups -OCH3 is 1. The van der Waals surface area contributed by atoms with Crippen LogP contribution in [0, 0.1) is 16.0 Å². The average molecular weight is 377 g/mol. The monoisotopic (exact) mass is 377 g/mol. The zero-order chi connectivity index (χ0) is 19.8. The van der Waals surface area contributed by atoms with E-state index in [-0.39, 0.29) is 23.1 Å². The fourth-order valence-corrected chi connectivity index (χ4v) is 3.28. The van der Waals surface area contributed by atoms with Crippen LogP contribution in [-0.2, 0) is 9.53 Å². The number of carbonyl (C=O) groups is 2. The Morgan fingerprint density at radius 3 is 2.59 bits per heavy atom. The second-order valence-corrected chi connectivity index (χ2v) is 6.71. The van der Waals surface area contributed by atoms with Crippen LogP contribution < -0.4 is 10.2 Å². The van der Waals surface area contributed by atoms with Gasteiger partial charge in [0.25, 0.3) is 5.69 Å². The van der Waals surface area contributed by atoms with Crippen molar-refractivity contribution in [2.75, 3.05) is 31.6 Å². The van der Waals surface area contributed by atoms with Crippen LogP contribution in [0.1, 0.15) is 49.4 Å². The molecule has 8 heteroatoms. The van der Waals surface area contributed by atoms with E-state index in [9.17, 15) is 19.7 Å². The normalized spacial score (nSPS) is 14.7. The first-order valence-corrected chi connectivity index (χ1v) is 9.37. The van der Waals surface area contributed by atoms with Crippen LogP contribution in [0.5, 0.6) is 0 Å². The number of amides is 1. The minimum atomic E-state index is -0.732. The average Bonchev–Trinajstić information content (AvgIpc) is 2.70.